The summed E-state index contributed by atoms with van der Waals surface area (Å²) in [5.74, 6) is 0.745. The normalized spacial score (nSPS) is 21.9. The maximum atomic E-state index is 12.6. The Labute approximate surface area is 292 Å². The molecule has 15 nitrogen and oxygen atoms in total. The first-order valence-corrected chi connectivity index (χ1v) is 16.9. The van der Waals surface area contributed by atoms with E-state index in [0.717, 1.165) is 44.3 Å². The van der Waals surface area contributed by atoms with Crippen molar-refractivity contribution < 1.29 is 32.1 Å². The number of hydrogen-bond donors (Lipinski definition) is 1. The molecule has 0 radical (unpaired) electrons. The van der Waals surface area contributed by atoms with Crippen LogP contribution in [0.2, 0.25) is 0 Å². The van der Waals surface area contributed by atoms with Crippen LogP contribution in [0.3, 0.4) is 0 Å². The Morgan fingerprint density at radius 3 is 2.43 bits per heavy atom. The molecule has 0 amide bonds. The van der Waals surface area contributed by atoms with Gasteiger partial charge < -0.3 is 19.5 Å². The SMILES string of the molecule is C[C@@H]1CN(C2CCC(n3cc(Nc4ncc(-c5ccc(C#N)c(O[C@@H](C)Cn6cnnn6)c5)cn4)c(OCCOC(F)(F)F)n3)CC2)C[C@H](C)O1. The standard InChI is InChI=1S/C33H40F3N11O4/c1-21-16-45(17-22(2)50-21)27-6-8-28(9-7-27)47-19-29(31(42-47)48-10-11-49-33(34,35)36)41-32-38-14-26(15-39-32)24-4-5-25(13-37)30(12-24)51-23(3)18-46-20-40-43-44-46/h4-5,12,14-15,19-23,27-28H,6-11,16-18H2,1-3H3,(H,38,39,41)/t21-,22+,23-,27?,28?/m0/s1. The minimum atomic E-state index is -4.76. The van der Waals surface area contributed by atoms with E-state index in [1.807, 2.05) is 11.6 Å². The summed E-state index contributed by atoms with van der Waals surface area (Å²) in [6, 6.07) is 7.88. The molecule has 1 N–H and O–H groups in total. The topological polar surface area (TPSA) is 163 Å². The molecule has 0 bridgehead atoms. The Morgan fingerprint density at radius 2 is 1.76 bits per heavy atom. The van der Waals surface area contributed by atoms with Crippen LogP contribution in [0.25, 0.3) is 11.1 Å². The quantitative estimate of drug-likeness (QED) is 0.186. The van der Waals surface area contributed by atoms with Crippen molar-refractivity contribution in [3.05, 3.63) is 48.7 Å². The number of anilines is 2. The van der Waals surface area contributed by atoms with Crippen LogP contribution in [0, 0.1) is 11.3 Å². The highest BCUT2D eigenvalue weighted by atomic mass is 19.4. The number of benzene rings is 1. The number of morpholine rings is 1. The van der Waals surface area contributed by atoms with E-state index in [4.69, 9.17) is 14.2 Å². The van der Waals surface area contributed by atoms with Gasteiger partial charge in [-0.1, -0.05) is 6.07 Å². The predicted molar refractivity (Wildman–Crippen MR) is 176 cm³/mol. The van der Waals surface area contributed by atoms with E-state index in [1.165, 1.54) is 11.0 Å². The maximum absolute atomic E-state index is 12.6. The van der Waals surface area contributed by atoms with Gasteiger partial charge in [0, 0.05) is 37.1 Å². The number of rotatable bonds is 13. The highest BCUT2D eigenvalue weighted by Crippen LogP contribution is 2.35. The Kier molecular flexibility index (Phi) is 11.3. The third kappa shape index (κ3) is 9.68. The third-order valence-corrected chi connectivity index (χ3v) is 8.79. The zero-order valence-corrected chi connectivity index (χ0v) is 28.5. The molecule has 0 unspecified atom stereocenters. The molecular formula is C33H40F3N11O4. The minimum absolute atomic E-state index is 0.0909. The van der Waals surface area contributed by atoms with Crippen molar-refractivity contribution in [2.45, 2.75) is 89.8 Å². The molecular weight excluding hydrogens is 671 g/mol. The molecule has 51 heavy (non-hydrogen) atoms. The van der Waals surface area contributed by atoms with Crippen LogP contribution in [0.5, 0.6) is 11.6 Å². The van der Waals surface area contributed by atoms with E-state index in [-0.39, 0.29) is 42.8 Å². The van der Waals surface area contributed by atoms with E-state index in [2.05, 4.69) is 65.5 Å². The summed E-state index contributed by atoms with van der Waals surface area (Å²) in [6.07, 6.45) is 5.56. The molecule has 3 aromatic heterocycles. The summed E-state index contributed by atoms with van der Waals surface area (Å²) in [7, 11) is 0. The second-order valence-corrected chi connectivity index (χ2v) is 12.8. The first kappa shape index (κ1) is 35.9. The van der Waals surface area contributed by atoms with Gasteiger partial charge in [0.2, 0.25) is 5.95 Å². The van der Waals surface area contributed by atoms with Crippen molar-refractivity contribution in [1.82, 2.24) is 44.9 Å². The lowest BCUT2D eigenvalue weighted by Gasteiger charge is -2.42. The fourth-order valence-electron chi connectivity index (χ4n) is 6.59. The van der Waals surface area contributed by atoms with Gasteiger partial charge in [0.15, 0.2) is 0 Å². The van der Waals surface area contributed by atoms with Crippen LogP contribution >= 0.6 is 0 Å². The highest BCUT2D eigenvalue weighted by Gasteiger charge is 2.32. The lowest BCUT2D eigenvalue weighted by atomic mass is 9.89. The smallest absolute Gasteiger partial charge is 0.487 e. The van der Waals surface area contributed by atoms with Crippen molar-refractivity contribution >= 4 is 11.6 Å². The molecule has 18 heteroatoms. The van der Waals surface area contributed by atoms with Crippen LogP contribution < -0.4 is 14.8 Å². The molecule has 2 fully saturated rings. The molecule has 1 aliphatic heterocycles. The molecule has 1 saturated heterocycles. The number of hydrogen-bond acceptors (Lipinski definition) is 13. The van der Waals surface area contributed by atoms with Gasteiger partial charge in [0.1, 0.15) is 36.5 Å². The number of tetrazole rings is 1. The Hall–Kier alpha value is -4.86. The van der Waals surface area contributed by atoms with Crippen LogP contribution in [0.15, 0.2) is 43.1 Å². The van der Waals surface area contributed by atoms with E-state index in [1.54, 1.807) is 36.8 Å². The van der Waals surface area contributed by atoms with Gasteiger partial charge in [0.25, 0.3) is 5.88 Å². The van der Waals surface area contributed by atoms with Crippen LogP contribution in [0.1, 0.15) is 58.1 Å². The summed E-state index contributed by atoms with van der Waals surface area (Å²) < 4.78 is 62.6. The average molecular weight is 712 g/mol. The summed E-state index contributed by atoms with van der Waals surface area (Å²) in [6.45, 7) is 7.22. The highest BCUT2D eigenvalue weighted by molar-refractivity contribution is 5.67. The maximum Gasteiger partial charge on any atom is 0.522 e. The number of nitrogens with zero attached hydrogens (tertiary/aromatic N) is 10. The van der Waals surface area contributed by atoms with Gasteiger partial charge in [-0.15, -0.1) is 23.4 Å². The van der Waals surface area contributed by atoms with Gasteiger partial charge >= 0.3 is 6.36 Å². The summed E-state index contributed by atoms with van der Waals surface area (Å²) in [5.41, 5.74) is 2.17. The van der Waals surface area contributed by atoms with Crippen molar-refractivity contribution in [2.24, 2.45) is 0 Å². The van der Waals surface area contributed by atoms with E-state index < -0.39 is 13.0 Å². The monoisotopic (exact) mass is 711 g/mol. The zero-order valence-electron chi connectivity index (χ0n) is 28.5. The number of halogens is 3. The van der Waals surface area contributed by atoms with Crippen LogP contribution in [-0.2, 0) is 16.0 Å². The van der Waals surface area contributed by atoms with E-state index in [0.29, 0.717) is 35.2 Å². The van der Waals surface area contributed by atoms with Gasteiger partial charge in [-0.2, -0.15) is 5.26 Å². The van der Waals surface area contributed by atoms with Gasteiger partial charge in [-0.25, -0.2) is 14.6 Å². The molecule has 3 atom stereocenters. The summed E-state index contributed by atoms with van der Waals surface area (Å²) >= 11 is 0. The molecule has 1 aromatic carbocycles. The van der Waals surface area contributed by atoms with Gasteiger partial charge in [-0.05, 0) is 74.6 Å². The molecule has 6 rings (SSSR count). The molecule has 1 aliphatic carbocycles. The van der Waals surface area contributed by atoms with Crippen LogP contribution in [-0.4, -0.2) is 102 Å². The summed E-state index contributed by atoms with van der Waals surface area (Å²) in [5, 5.41) is 28.5. The van der Waals surface area contributed by atoms with E-state index in [9.17, 15) is 18.4 Å². The number of alkyl halides is 3. The minimum Gasteiger partial charge on any atom is -0.487 e. The van der Waals surface area contributed by atoms with Gasteiger partial charge in [-0.3, -0.25) is 14.3 Å². The fraction of sp³-hybridized carbons (Fsp3) is 0.545. The Balaban J connectivity index is 1.13. The molecule has 1 saturated carbocycles. The van der Waals surface area contributed by atoms with Crippen molar-refractivity contribution in [3.8, 4) is 28.8 Å². The second kappa shape index (κ2) is 16.0. The molecule has 0 spiro atoms. The first-order chi connectivity index (χ1) is 24.5. The Morgan fingerprint density at radius 1 is 1.04 bits per heavy atom. The average Bonchev–Trinajstić information content (AvgIpc) is 3.76. The summed E-state index contributed by atoms with van der Waals surface area (Å²) in [4.78, 5) is 11.4. The lowest BCUT2D eigenvalue weighted by molar-refractivity contribution is -0.325. The number of nitrogens with one attached hydrogen (secondary N) is 1. The van der Waals surface area contributed by atoms with Crippen LogP contribution in [0.4, 0.5) is 24.8 Å². The number of nitriles is 1. The molecule has 4 heterocycles. The van der Waals surface area contributed by atoms with E-state index >= 15 is 0 Å². The van der Waals surface area contributed by atoms with Crippen molar-refractivity contribution in [1.29, 1.82) is 5.26 Å². The number of ether oxygens (including phenoxy) is 4. The Bertz CT molecular complexity index is 1750. The first-order valence-electron chi connectivity index (χ1n) is 16.9. The fourth-order valence-corrected chi connectivity index (χ4v) is 6.59. The predicted octanol–water partition coefficient (Wildman–Crippen LogP) is 4.92. The lowest BCUT2D eigenvalue weighted by Crippen LogP contribution is -2.51. The second-order valence-electron chi connectivity index (χ2n) is 12.8. The molecule has 2 aliphatic rings. The van der Waals surface area contributed by atoms with Crippen molar-refractivity contribution in [3.63, 3.8) is 0 Å². The van der Waals surface area contributed by atoms with Crippen molar-refractivity contribution in [2.75, 3.05) is 31.6 Å². The van der Waals surface area contributed by atoms with Gasteiger partial charge in [0.05, 0.1) is 43.2 Å². The third-order valence-electron chi connectivity index (χ3n) is 8.79. The molecule has 272 valence electrons. The zero-order chi connectivity index (χ0) is 36.0. The number of aromatic nitrogens is 8. The largest absolute Gasteiger partial charge is 0.522 e. The molecule has 4 aromatic rings.